The van der Waals surface area contributed by atoms with Gasteiger partial charge >= 0.3 is 5.97 Å². The number of amides is 1. The molecule has 230 valence electrons. The Kier molecular flexibility index (Phi) is 10.3. The molecule has 0 aliphatic heterocycles. The highest BCUT2D eigenvalue weighted by atomic mass is 35.5. The zero-order chi connectivity index (χ0) is 31.1. The largest absolute Gasteiger partial charge is 0.477 e. The van der Waals surface area contributed by atoms with Gasteiger partial charge in [-0.1, -0.05) is 42.3 Å². The van der Waals surface area contributed by atoms with Crippen LogP contribution in [0.15, 0.2) is 83.1 Å². The third kappa shape index (κ3) is 8.46. The summed E-state index contributed by atoms with van der Waals surface area (Å²) in [7, 11) is -3.43. The van der Waals surface area contributed by atoms with Crippen LogP contribution in [0.1, 0.15) is 63.8 Å². The number of sulfone groups is 1. The van der Waals surface area contributed by atoms with Crippen LogP contribution in [0.5, 0.6) is 5.75 Å². The molecule has 0 radical (unpaired) electrons. The Morgan fingerprint density at radius 3 is 2.43 bits per heavy atom. The van der Waals surface area contributed by atoms with Crippen LogP contribution < -0.4 is 10.1 Å². The first-order chi connectivity index (χ1) is 21.2. The summed E-state index contributed by atoms with van der Waals surface area (Å²) in [5.41, 5.74) is 3.37. The topological polar surface area (TPSA) is 123 Å². The number of carboxylic acids is 1. The molecule has 8 nitrogen and oxygen atoms in total. The number of carbonyl (C=O) groups is 2. The monoisotopic (exact) mass is 652 g/mol. The van der Waals surface area contributed by atoms with E-state index in [0.717, 1.165) is 29.0 Å². The van der Waals surface area contributed by atoms with Crippen molar-refractivity contribution in [2.75, 3.05) is 5.75 Å². The van der Waals surface area contributed by atoms with Crippen molar-refractivity contribution in [2.45, 2.75) is 62.0 Å². The Hall–Kier alpha value is -3.73. The van der Waals surface area contributed by atoms with Crippen LogP contribution in [0, 0.1) is 0 Å². The molecule has 3 aromatic carbocycles. The number of aryl methyl sites for hydroxylation is 3. The fourth-order valence-corrected chi connectivity index (χ4v) is 7.21. The van der Waals surface area contributed by atoms with E-state index in [1.807, 2.05) is 6.07 Å². The maximum Gasteiger partial charge on any atom is 0.366 e. The summed E-state index contributed by atoms with van der Waals surface area (Å²) < 4.78 is 30.7. The number of benzene rings is 3. The fraction of sp³-hybridized carbons (Fsp3) is 0.303. The highest BCUT2D eigenvalue weighted by Gasteiger charge is 2.24. The lowest BCUT2D eigenvalue weighted by atomic mass is 9.83. The highest BCUT2D eigenvalue weighted by Crippen LogP contribution is 2.36. The molecule has 1 atom stereocenters. The number of nitrogens with one attached hydrogen (secondary N) is 1. The summed E-state index contributed by atoms with van der Waals surface area (Å²) in [6.07, 6.45) is 4.52. The van der Waals surface area contributed by atoms with Crippen molar-refractivity contribution in [1.82, 2.24) is 10.3 Å². The second-order valence-electron chi connectivity index (χ2n) is 10.8. The Morgan fingerprint density at radius 1 is 1.00 bits per heavy atom. The summed E-state index contributed by atoms with van der Waals surface area (Å²) >= 11 is 7.52. The predicted molar refractivity (Wildman–Crippen MR) is 170 cm³/mol. The van der Waals surface area contributed by atoms with Crippen LogP contribution in [0.3, 0.4) is 0 Å². The van der Waals surface area contributed by atoms with Gasteiger partial charge in [0, 0.05) is 28.3 Å². The average Bonchev–Trinajstić information content (AvgIpc) is 3.44. The molecular formula is C33H33ClN2O6S2. The van der Waals surface area contributed by atoms with Gasteiger partial charge in [-0.3, -0.25) is 4.79 Å². The average molecular weight is 653 g/mol. The van der Waals surface area contributed by atoms with Crippen LogP contribution in [0.25, 0.3) is 0 Å². The number of aliphatic carboxylic acids is 1. The molecule has 1 fully saturated rings. The smallest absolute Gasteiger partial charge is 0.366 e. The predicted octanol–water partition coefficient (Wildman–Crippen LogP) is 6.48. The van der Waals surface area contributed by atoms with E-state index >= 15 is 0 Å². The van der Waals surface area contributed by atoms with E-state index in [9.17, 15) is 23.1 Å². The van der Waals surface area contributed by atoms with Crippen LogP contribution in [-0.4, -0.2) is 42.4 Å². The van der Waals surface area contributed by atoms with Gasteiger partial charge < -0.3 is 15.2 Å². The van der Waals surface area contributed by atoms with E-state index in [-0.39, 0.29) is 16.4 Å². The van der Waals surface area contributed by atoms with Crippen molar-refractivity contribution in [3.63, 3.8) is 0 Å². The number of halogens is 1. The molecule has 0 bridgehead atoms. The van der Waals surface area contributed by atoms with Gasteiger partial charge in [-0.25, -0.2) is 18.2 Å². The molecule has 0 spiro atoms. The number of hydrogen-bond donors (Lipinski definition) is 2. The normalized spacial score (nSPS) is 14.0. The summed E-state index contributed by atoms with van der Waals surface area (Å²) in [5, 5.41) is 15.9. The van der Waals surface area contributed by atoms with Crippen molar-refractivity contribution in [2.24, 2.45) is 0 Å². The standard InChI is InChI=1S/C33H33ClN2O6S2/c34-26-12-16-28(17-13-26)44(40,41)19-3-5-22-9-14-27(15-10-22)42-32(33(38)39)36-31(37)25-8-1-4-23(20-25)11-18-30-35-29(21-43-30)24-6-2-7-24/h1,4,8-10,12-17,20-21,24,32H,2-3,5-7,11,18-19H2,(H,36,37)(H,38,39). The number of hydrogen-bond acceptors (Lipinski definition) is 7. The van der Waals surface area contributed by atoms with E-state index in [1.54, 1.807) is 65.9 Å². The van der Waals surface area contributed by atoms with Crippen LogP contribution >= 0.6 is 22.9 Å². The molecule has 1 aliphatic rings. The van der Waals surface area contributed by atoms with Gasteiger partial charge in [0.2, 0.25) is 0 Å². The lowest BCUT2D eigenvalue weighted by molar-refractivity contribution is -0.146. The van der Waals surface area contributed by atoms with Crippen molar-refractivity contribution in [1.29, 1.82) is 0 Å². The van der Waals surface area contributed by atoms with Gasteiger partial charge in [0.25, 0.3) is 12.1 Å². The number of rotatable bonds is 14. The van der Waals surface area contributed by atoms with E-state index in [0.29, 0.717) is 29.3 Å². The maximum absolute atomic E-state index is 12.9. The lowest BCUT2D eigenvalue weighted by Crippen LogP contribution is -2.45. The number of carbonyl (C=O) groups excluding carboxylic acids is 1. The minimum absolute atomic E-state index is 0.0204. The van der Waals surface area contributed by atoms with Gasteiger partial charge in [-0.05, 0) is 91.8 Å². The Balaban J connectivity index is 1.12. The summed E-state index contributed by atoms with van der Waals surface area (Å²) in [4.78, 5) is 29.9. The van der Waals surface area contributed by atoms with E-state index in [1.165, 1.54) is 37.1 Å². The van der Waals surface area contributed by atoms with Crippen molar-refractivity contribution in [3.8, 4) is 5.75 Å². The first kappa shape index (κ1) is 31.7. The first-order valence-electron chi connectivity index (χ1n) is 14.5. The molecule has 1 heterocycles. The van der Waals surface area contributed by atoms with Crippen molar-refractivity contribution >= 4 is 44.7 Å². The van der Waals surface area contributed by atoms with Gasteiger partial charge in [-0.2, -0.15) is 0 Å². The van der Waals surface area contributed by atoms with Gasteiger partial charge in [-0.15, -0.1) is 11.3 Å². The molecule has 11 heteroatoms. The maximum atomic E-state index is 12.9. The van der Waals surface area contributed by atoms with E-state index in [4.69, 9.17) is 21.3 Å². The number of thiazole rings is 1. The van der Waals surface area contributed by atoms with E-state index < -0.39 is 27.9 Å². The Labute approximate surface area is 266 Å². The van der Waals surface area contributed by atoms with Gasteiger partial charge in [0.1, 0.15) is 5.75 Å². The molecule has 2 N–H and O–H groups in total. The summed E-state index contributed by atoms with van der Waals surface area (Å²) in [6.45, 7) is 0. The summed E-state index contributed by atoms with van der Waals surface area (Å²) in [5.74, 6) is -1.05. The van der Waals surface area contributed by atoms with Crippen LogP contribution in [0.2, 0.25) is 5.02 Å². The van der Waals surface area contributed by atoms with Crippen LogP contribution in [-0.2, 0) is 33.9 Å². The Bertz CT molecular complexity index is 1700. The number of carboxylic acid groups (broad SMARTS) is 1. The lowest BCUT2D eigenvalue weighted by Gasteiger charge is -2.22. The minimum atomic E-state index is -3.43. The second kappa shape index (κ2) is 14.4. The number of ether oxygens (including phenoxy) is 1. The first-order valence-corrected chi connectivity index (χ1v) is 17.4. The molecule has 4 aromatic rings. The molecule has 44 heavy (non-hydrogen) atoms. The SMILES string of the molecule is O=C(NC(Oc1ccc(CCCS(=O)(=O)c2ccc(Cl)cc2)cc1)C(=O)O)c1cccc(CCc2nc(C3CCC3)cs2)c1. The molecular weight excluding hydrogens is 620 g/mol. The van der Waals surface area contributed by atoms with Gasteiger partial charge in [0.05, 0.1) is 21.3 Å². The zero-order valence-electron chi connectivity index (χ0n) is 23.9. The Morgan fingerprint density at radius 2 is 1.75 bits per heavy atom. The molecule has 1 unspecified atom stereocenters. The van der Waals surface area contributed by atoms with E-state index in [2.05, 4.69) is 10.7 Å². The van der Waals surface area contributed by atoms with Crippen LogP contribution in [0.4, 0.5) is 0 Å². The quantitative estimate of drug-likeness (QED) is 0.150. The molecule has 0 saturated heterocycles. The number of aromatic nitrogens is 1. The number of nitrogens with zero attached hydrogens (tertiary/aromatic N) is 1. The highest BCUT2D eigenvalue weighted by molar-refractivity contribution is 7.91. The zero-order valence-corrected chi connectivity index (χ0v) is 26.3. The molecule has 1 aliphatic carbocycles. The van der Waals surface area contributed by atoms with Crippen molar-refractivity contribution in [3.05, 3.63) is 111 Å². The fourth-order valence-electron chi connectivity index (χ4n) is 4.89. The summed E-state index contributed by atoms with van der Waals surface area (Å²) in [6, 6.07) is 19.9. The molecule has 1 amide bonds. The van der Waals surface area contributed by atoms with Crippen molar-refractivity contribution < 1.29 is 27.9 Å². The molecule has 5 rings (SSSR count). The molecule has 1 saturated carbocycles. The molecule has 1 aromatic heterocycles. The minimum Gasteiger partial charge on any atom is -0.477 e. The second-order valence-corrected chi connectivity index (χ2v) is 14.3. The van der Waals surface area contributed by atoms with Gasteiger partial charge in [0.15, 0.2) is 9.84 Å². The third-order valence-corrected chi connectivity index (χ3v) is 10.6. The third-order valence-electron chi connectivity index (χ3n) is 7.62.